The summed E-state index contributed by atoms with van der Waals surface area (Å²) in [5.41, 5.74) is 0. The van der Waals surface area contributed by atoms with Crippen molar-refractivity contribution in [3.05, 3.63) is 0 Å². The van der Waals surface area contributed by atoms with E-state index in [2.05, 4.69) is 6.92 Å². The molecule has 0 aromatic heterocycles. The van der Waals surface area contributed by atoms with E-state index in [1.54, 1.807) is 0 Å². The SMILES string of the molecule is C[C@H]1CC(C(=O)O)[C@@H]1C. The molecule has 1 aliphatic carbocycles. The lowest BCUT2D eigenvalue weighted by Crippen LogP contribution is -2.37. The van der Waals surface area contributed by atoms with Gasteiger partial charge in [0.25, 0.3) is 0 Å². The van der Waals surface area contributed by atoms with Gasteiger partial charge in [-0.2, -0.15) is 0 Å². The molecule has 9 heavy (non-hydrogen) atoms. The van der Waals surface area contributed by atoms with Crippen LogP contribution >= 0.6 is 0 Å². The van der Waals surface area contributed by atoms with Gasteiger partial charge in [-0.1, -0.05) is 13.8 Å². The summed E-state index contributed by atoms with van der Waals surface area (Å²) in [6.07, 6.45) is 0.872. The molecule has 52 valence electrons. The van der Waals surface area contributed by atoms with Gasteiger partial charge in [-0.3, -0.25) is 4.79 Å². The van der Waals surface area contributed by atoms with Gasteiger partial charge in [0, 0.05) is 0 Å². The van der Waals surface area contributed by atoms with Gasteiger partial charge in [0.15, 0.2) is 0 Å². The van der Waals surface area contributed by atoms with Gasteiger partial charge in [0.05, 0.1) is 5.92 Å². The zero-order valence-electron chi connectivity index (χ0n) is 5.79. The summed E-state index contributed by atoms with van der Waals surface area (Å²) in [6, 6.07) is 0. The van der Waals surface area contributed by atoms with Crippen molar-refractivity contribution in [1.29, 1.82) is 0 Å². The fraction of sp³-hybridized carbons (Fsp3) is 0.857. The molecular formula is C7H12O2. The van der Waals surface area contributed by atoms with Gasteiger partial charge in [-0.25, -0.2) is 0 Å². The van der Waals surface area contributed by atoms with E-state index < -0.39 is 5.97 Å². The Morgan fingerprint density at radius 3 is 2.22 bits per heavy atom. The molecule has 3 atom stereocenters. The highest BCUT2D eigenvalue weighted by atomic mass is 16.4. The second-order valence-electron chi connectivity index (χ2n) is 3.02. The minimum Gasteiger partial charge on any atom is -0.481 e. The minimum atomic E-state index is -0.624. The van der Waals surface area contributed by atoms with E-state index in [0.29, 0.717) is 11.8 Å². The van der Waals surface area contributed by atoms with Crippen LogP contribution in [-0.2, 0) is 4.79 Å². The largest absolute Gasteiger partial charge is 0.481 e. The van der Waals surface area contributed by atoms with E-state index in [0.717, 1.165) is 6.42 Å². The molecule has 1 N–H and O–H groups in total. The first kappa shape index (κ1) is 6.59. The van der Waals surface area contributed by atoms with Crippen molar-refractivity contribution in [2.24, 2.45) is 17.8 Å². The molecule has 0 amide bonds. The molecule has 0 saturated heterocycles. The van der Waals surface area contributed by atoms with Crippen molar-refractivity contribution in [3.8, 4) is 0 Å². The van der Waals surface area contributed by atoms with E-state index in [1.165, 1.54) is 0 Å². The molecule has 2 nitrogen and oxygen atoms in total. The summed E-state index contributed by atoms with van der Waals surface area (Å²) >= 11 is 0. The first-order chi connectivity index (χ1) is 4.13. The van der Waals surface area contributed by atoms with Crippen LogP contribution in [0.3, 0.4) is 0 Å². The quantitative estimate of drug-likeness (QED) is 0.579. The number of aliphatic carboxylic acids is 1. The van der Waals surface area contributed by atoms with Crippen LogP contribution in [-0.4, -0.2) is 11.1 Å². The Morgan fingerprint density at radius 1 is 1.56 bits per heavy atom. The lowest BCUT2D eigenvalue weighted by atomic mass is 9.67. The molecule has 1 fully saturated rings. The second kappa shape index (κ2) is 2.01. The third-order valence-corrected chi connectivity index (χ3v) is 2.48. The van der Waals surface area contributed by atoms with E-state index in [4.69, 9.17) is 5.11 Å². The van der Waals surface area contributed by atoms with Crippen molar-refractivity contribution in [1.82, 2.24) is 0 Å². The topological polar surface area (TPSA) is 37.3 Å². The number of rotatable bonds is 1. The van der Waals surface area contributed by atoms with Crippen LogP contribution in [0.2, 0.25) is 0 Å². The predicted octanol–water partition coefficient (Wildman–Crippen LogP) is 1.36. The molecule has 0 radical (unpaired) electrons. The second-order valence-corrected chi connectivity index (χ2v) is 3.02. The van der Waals surface area contributed by atoms with Crippen LogP contribution < -0.4 is 0 Å². The van der Waals surface area contributed by atoms with E-state index >= 15 is 0 Å². The third-order valence-electron chi connectivity index (χ3n) is 2.48. The Morgan fingerprint density at radius 2 is 2.11 bits per heavy atom. The van der Waals surface area contributed by atoms with E-state index in [9.17, 15) is 4.79 Å². The standard InChI is InChI=1S/C7H12O2/c1-4-3-6(5(4)2)7(8)9/h4-6H,3H2,1-2H3,(H,8,9)/t4-,5+,6?/m0/s1. The monoisotopic (exact) mass is 128 g/mol. The van der Waals surface area contributed by atoms with Crippen molar-refractivity contribution >= 4 is 5.97 Å². The van der Waals surface area contributed by atoms with Crippen LogP contribution in [0.5, 0.6) is 0 Å². The number of carbonyl (C=O) groups is 1. The van der Waals surface area contributed by atoms with Gasteiger partial charge >= 0.3 is 5.97 Å². The van der Waals surface area contributed by atoms with Crippen LogP contribution in [0.15, 0.2) is 0 Å². The molecule has 1 aliphatic rings. The van der Waals surface area contributed by atoms with Crippen molar-refractivity contribution in [2.45, 2.75) is 20.3 Å². The average molecular weight is 128 g/mol. The van der Waals surface area contributed by atoms with Crippen LogP contribution in [0, 0.1) is 17.8 Å². The summed E-state index contributed by atoms with van der Waals surface area (Å²) in [7, 11) is 0. The number of hydrogen-bond donors (Lipinski definition) is 1. The van der Waals surface area contributed by atoms with Crippen LogP contribution in [0.25, 0.3) is 0 Å². The number of carboxylic acid groups (broad SMARTS) is 1. The predicted molar refractivity (Wildman–Crippen MR) is 34.1 cm³/mol. The van der Waals surface area contributed by atoms with Gasteiger partial charge in [-0.05, 0) is 18.3 Å². The third kappa shape index (κ3) is 0.934. The van der Waals surface area contributed by atoms with Gasteiger partial charge in [0.2, 0.25) is 0 Å². The highest BCUT2D eigenvalue weighted by molar-refractivity contribution is 5.71. The van der Waals surface area contributed by atoms with Gasteiger partial charge < -0.3 is 5.11 Å². The zero-order chi connectivity index (χ0) is 7.02. The lowest BCUT2D eigenvalue weighted by molar-refractivity contribution is -0.149. The zero-order valence-corrected chi connectivity index (χ0v) is 5.79. The molecular weight excluding hydrogens is 116 g/mol. The minimum absolute atomic E-state index is 0.0556. The van der Waals surface area contributed by atoms with Crippen molar-refractivity contribution < 1.29 is 9.90 Å². The molecule has 1 rings (SSSR count). The molecule has 2 heteroatoms. The van der Waals surface area contributed by atoms with Crippen LogP contribution in [0.1, 0.15) is 20.3 Å². The summed E-state index contributed by atoms with van der Waals surface area (Å²) in [4.78, 5) is 10.3. The summed E-state index contributed by atoms with van der Waals surface area (Å²) in [5.74, 6) is 0.328. The average Bonchev–Trinajstić information content (AvgIpc) is 1.81. The Labute approximate surface area is 54.9 Å². The molecule has 0 aromatic rings. The Balaban J connectivity index is 2.42. The summed E-state index contributed by atoms with van der Waals surface area (Å²) in [5, 5.41) is 8.52. The van der Waals surface area contributed by atoms with Crippen molar-refractivity contribution in [2.75, 3.05) is 0 Å². The van der Waals surface area contributed by atoms with Crippen molar-refractivity contribution in [3.63, 3.8) is 0 Å². The smallest absolute Gasteiger partial charge is 0.306 e. The molecule has 1 unspecified atom stereocenters. The molecule has 0 heterocycles. The molecule has 0 aromatic carbocycles. The first-order valence-corrected chi connectivity index (χ1v) is 3.35. The van der Waals surface area contributed by atoms with Gasteiger partial charge in [-0.15, -0.1) is 0 Å². The normalized spacial score (nSPS) is 41.8. The maximum absolute atomic E-state index is 10.3. The summed E-state index contributed by atoms with van der Waals surface area (Å²) in [6.45, 7) is 4.11. The van der Waals surface area contributed by atoms with Crippen LogP contribution in [0.4, 0.5) is 0 Å². The Bertz CT molecular complexity index is 131. The highest BCUT2D eigenvalue weighted by Crippen LogP contribution is 2.39. The molecule has 0 aliphatic heterocycles. The number of carboxylic acids is 1. The maximum Gasteiger partial charge on any atom is 0.306 e. The number of hydrogen-bond acceptors (Lipinski definition) is 1. The fourth-order valence-electron chi connectivity index (χ4n) is 1.36. The fourth-order valence-corrected chi connectivity index (χ4v) is 1.36. The van der Waals surface area contributed by atoms with E-state index in [1.807, 2.05) is 6.92 Å². The maximum atomic E-state index is 10.3. The van der Waals surface area contributed by atoms with Gasteiger partial charge in [0.1, 0.15) is 0 Å². The summed E-state index contributed by atoms with van der Waals surface area (Å²) < 4.78 is 0. The Hall–Kier alpha value is -0.530. The highest BCUT2D eigenvalue weighted by Gasteiger charge is 2.39. The first-order valence-electron chi connectivity index (χ1n) is 3.35. The molecule has 1 saturated carbocycles. The molecule has 0 bridgehead atoms. The Kier molecular flexibility index (Phi) is 1.47. The lowest BCUT2D eigenvalue weighted by Gasteiger charge is -2.37. The van der Waals surface area contributed by atoms with E-state index in [-0.39, 0.29) is 5.92 Å². The molecule has 0 spiro atoms.